The molecule has 2 heterocycles. The Bertz CT molecular complexity index is 895. The van der Waals surface area contributed by atoms with E-state index in [4.69, 9.17) is 12.3 Å². The molecule has 4 aromatic rings. The Balaban J connectivity index is 2.33. The minimum Gasteiger partial charge on any atom is -0.454 e. The van der Waals surface area contributed by atoms with Gasteiger partial charge in [0.25, 0.3) is 0 Å². The highest BCUT2D eigenvalue weighted by molar-refractivity contribution is 6.33. The number of hydrogen-bond acceptors (Lipinski definition) is 2. The van der Waals surface area contributed by atoms with Crippen LogP contribution in [0.15, 0.2) is 53.1 Å². The number of furan rings is 1. The zero-order valence-corrected chi connectivity index (χ0v) is 9.55. The lowest BCUT2D eigenvalue weighted by Gasteiger charge is -1.98. The molecule has 0 saturated carbocycles. The first kappa shape index (κ1) is 9.72. The molecule has 0 spiro atoms. The second kappa shape index (κ2) is 3.36. The molecule has 2 radical (unpaired) electrons. The van der Waals surface area contributed by atoms with E-state index in [2.05, 4.69) is 23.2 Å². The number of rotatable bonds is 0. The number of benzene rings is 2. The third kappa shape index (κ3) is 1.22. The smallest absolute Gasteiger partial charge is 0.153 e. The van der Waals surface area contributed by atoms with E-state index < -0.39 is 0 Å². The van der Waals surface area contributed by atoms with Crippen LogP contribution in [0.4, 0.5) is 0 Å². The summed E-state index contributed by atoms with van der Waals surface area (Å²) in [6.45, 7) is 0. The molecule has 0 N–H and O–H groups in total. The predicted octanol–water partition coefficient (Wildman–Crippen LogP) is 2.93. The van der Waals surface area contributed by atoms with Gasteiger partial charge in [-0.05, 0) is 22.9 Å². The Kier molecular flexibility index (Phi) is 1.81. The lowest BCUT2D eigenvalue weighted by Crippen LogP contribution is -2.00. The van der Waals surface area contributed by atoms with E-state index in [1.807, 2.05) is 24.3 Å². The zero-order valence-electron chi connectivity index (χ0n) is 9.55. The van der Waals surface area contributed by atoms with Crippen LogP contribution >= 0.6 is 0 Å². The van der Waals surface area contributed by atoms with Crippen LogP contribution in [0.5, 0.6) is 0 Å². The Morgan fingerprint density at radius 2 is 1.89 bits per heavy atom. The van der Waals surface area contributed by atoms with Crippen molar-refractivity contribution in [3.63, 3.8) is 0 Å². The summed E-state index contributed by atoms with van der Waals surface area (Å²) in [5.74, 6) is 0. The van der Waals surface area contributed by atoms with Crippen molar-refractivity contribution in [1.82, 2.24) is 4.98 Å². The molecule has 18 heavy (non-hydrogen) atoms. The van der Waals surface area contributed by atoms with Gasteiger partial charge < -0.3 is 4.42 Å². The number of hydrogen-bond donors (Lipinski definition) is 0. The summed E-state index contributed by atoms with van der Waals surface area (Å²) in [7, 11) is 5.74. The van der Waals surface area contributed by atoms with Crippen molar-refractivity contribution >= 4 is 46.2 Å². The highest BCUT2D eigenvalue weighted by Crippen LogP contribution is 2.32. The average Bonchev–Trinajstić information content (AvgIpc) is 2.76. The normalized spacial score (nSPS) is 11.6. The van der Waals surface area contributed by atoms with Crippen LogP contribution in [0.2, 0.25) is 0 Å². The molecule has 82 valence electrons. The van der Waals surface area contributed by atoms with Gasteiger partial charge in [0.1, 0.15) is 18.9 Å². The quantitative estimate of drug-likeness (QED) is 0.433. The number of aromatic nitrogens is 1. The first-order valence-corrected chi connectivity index (χ1v) is 5.78. The molecule has 4 rings (SSSR count). The van der Waals surface area contributed by atoms with Gasteiger partial charge in [0.05, 0.1) is 5.39 Å². The molecule has 0 aliphatic heterocycles. The summed E-state index contributed by atoms with van der Waals surface area (Å²) in [6, 6.07) is 14.1. The van der Waals surface area contributed by atoms with Gasteiger partial charge in [-0.3, -0.25) is 4.98 Å². The van der Waals surface area contributed by atoms with Crippen molar-refractivity contribution in [3.05, 3.63) is 48.7 Å². The maximum Gasteiger partial charge on any atom is 0.153 e. The summed E-state index contributed by atoms with van der Waals surface area (Å²) < 4.78 is 5.80. The van der Waals surface area contributed by atoms with E-state index in [0.717, 1.165) is 27.5 Å². The third-order valence-corrected chi connectivity index (χ3v) is 3.22. The molecule has 2 aromatic carbocycles. The van der Waals surface area contributed by atoms with Crippen LogP contribution in [0.3, 0.4) is 0 Å². The molecular weight excluding hydrogens is 221 g/mol. The summed E-state index contributed by atoms with van der Waals surface area (Å²) in [6.07, 6.45) is 1.67. The van der Waals surface area contributed by atoms with Gasteiger partial charge in [-0.25, -0.2) is 0 Å². The first-order chi connectivity index (χ1) is 8.83. The van der Waals surface area contributed by atoms with Gasteiger partial charge in [-0.1, -0.05) is 35.8 Å². The van der Waals surface area contributed by atoms with Crippen molar-refractivity contribution in [2.24, 2.45) is 0 Å². The zero-order chi connectivity index (χ0) is 12.1. The molecule has 3 heteroatoms. The van der Waals surface area contributed by atoms with Crippen LogP contribution in [0, 0.1) is 0 Å². The summed E-state index contributed by atoms with van der Waals surface area (Å²) >= 11 is 0. The second-order valence-corrected chi connectivity index (χ2v) is 4.38. The molecule has 0 unspecified atom stereocenters. The van der Waals surface area contributed by atoms with Gasteiger partial charge in [0.15, 0.2) is 5.58 Å². The largest absolute Gasteiger partial charge is 0.454 e. The van der Waals surface area contributed by atoms with E-state index in [0.29, 0.717) is 5.46 Å². The second-order valence-electron chi connectivity index (χ2n) is 4.38. The van der Waals surface area contributed by atoms with Crippen molar-refractivity contribution in [2.75, 3.05) is 0 Å². The summed E-state index contributed by atoms with van der Waals surface area (Å²) in [4.78, 5) is 4.40. The van der Waals surface area contributed by atoms with Gasteiger partial charge in [-0.2, -0.15) is 0 Å². The van der Waals surface area contributed by atoms with E-state index in [1.165, 1.54) is 5.39 Å². The molecule has 0 amide bonds. The topological polar surface area (TPSA) is 26.0 Å². The van der Waals surface area contributed by atoms with Crippen molar-refractivity contribution in [1.29, 1.82) is 0 Å². The van der Waals surface area contributed by atoms with E-state index in [9.17, 15) is 0 Å². The SMILES string of the molecule is [B]c1cnc2c(c1)oc1ccc3ccccc3c12. The third-order valence-electron chi connectivity index (χ3n) is 3.22. The molecule has 2 nitrogen and oxygen atoms in total. The van der Waals surface area contributed by atoms with Crippen molar-refractivity contribution in [2.45, 2.75) is 0 Å². The summed E-state index contributed by atoms with van der Waals surface area (Å²) in [5.41, 5.74) is 3.07. The van der Waals surface area contributed by atoms with Crippen LogP contribution in [0.25, 0.3) is 32.8 Å². The van der Waals surface area contributed by atoms with Crippen LogP contribution in [0.1, 0.15) is 0 Å². The fraction of sp³-hybridized carbons (Fsp3) is 0. The maximum absolute atomic E-state index is 5.80. The number of nitrogens with zero attached hydrogens (tertiary/aromatic N) is 1. The average molecular weight is 229 g/mol. The minimum absolute atomic E-state index is 0.617. The van der Waals surface area contributed by atoms with E-state index >= 15 is 0 Å². The van der Waals surface area contributed by atoms with Crippen LogP contribution in [-0.2, 0) is 0 Å². The first-order valence-electron chi connectivity index (χ1n) is 5.78. The highest BCUT2D eigenvalue weighted by Gasteiger charge is 2.10. The van der Waals surface area contributed by atoms with Crippen molar-refractivity contribution < 1.29 is 4.42 Å². The lowest BCUT2D eigenvalue weighted by molar-refractivity contribution is 0.669. The van der Waals surface area contributed by atoms with Crippen LogP contribution in [-0.4, -0.2) is 12.8 Å². The lowest BCUT2D eigenvalue weighted by atomic mass is 9.98. The standard InChI is InChI=1S/C15H8BNO/c16-10-7-13-15(17-8-10)14-11-4-2-1-3-9(11)5-6-12(14)18-13/h1-8H. The Labute approximate surface area is 105 Å². The predicted molar refractivity (Wildman–Crippen MR) is 74.4 cm³/mol. The van der Waals surface area contributed by atoms with Gasteiger partial charge in [0, 0.05) is 6.20 Å². The molecule has 0 bridgehead atoms. The molecule has 0 aliphatic rings. The highest BCUT2D eigenvalue weighted by atomic mass is 16.3. The number of fused-ring (bicyclic) bond motifs is 5. The molecule has 0 saturated heterocycles. The molecule has 0 atom stereocenters. The monoisotopic (exact) mass is 229 g/mol. The molecule has 0 aliphatic carbocycles. The maximum atomic E-state index is 5.80. The molecule has 2 aromatic heterocycles. The fourth-order valence-corrected chi connectivity index (χ4v) is 2.42. The fourth-order valence-electron chi connectivity index (χ4n) is 2.42. The van der Waals surface area contributed by atoms with Gasteiger partial charge in [0.2, 0.25) is 0 Å². The minimum atomic E-state index is 0.617. The van der Waals surface area contributed by atoms with Crippen LogP contribution < -0.4 is 5.46 Å². The molecule has 0 fully saturated rings. The molecular formula is C15H8BNO. The Morgan fingerprint density at radius 1 is 1.00 bits per heavy atom. The van der Waals surface area contributed by atoms with E-state index in [1.54, 1.807) is 6.20 Å². The Hall–Kier alpha value is -2.29. The summed E-state index contributed by atoms with van der Waals surface area (Å²) in [5, 5.41) is 3.40. The Morgan fingerprint density at radius 3 is 2.83 bits per heavy atom. The van der Waals surface area contributed by atoms with Gasteiger partial charge in [-0.15, -0.1) is 0 Å². The van der Waals surface area contributed by atoms with Crippen molar-refractivity contribution in [3.8, 4) is 0 Å². The number of pyridine rings is 1. The van der Waals surface area contributed by atoms with Gasteiger partial charge >= 0.3 is 0 Å². The van der Waals surface area contributed by atoms with E-state index in [-0.39, 0.29) is 0 Å².